The molecule has 23 heavy (non-hydrogen) atoms. The van der Waals surface area contributed by atoms with Crippen molar-refractivity contribution in [2.24, 2.45) is 17.8 Å². The second kappa shape index (κ2) is 5.70. The molecule has 0 spiro atoms. The number of benzene rings is 1. The Hall–Kier alpha value is -1.22. The van der Waals surface area contributed by atoms with Crippen molar-refractivity contribution < 1.29 is 9.53 Å². The predicted molar refractivity (Wildman–Crippen MR) is 90.6 cm³/mol. The summed E-state index contributed by atoms with van der Waals surface area (Å²) in [5.74, 6) is 3.03. The highest BCUT2D eigenvalue weighted by Crippen LogP contribution is 2.55. The van der Waals surface area contributed by atoms with Crippen LogP contribution in [0.4, 0.5) is 0 Å². The number of halogens is 1. The third-order valence-electron chi connectivity index (χ3n) is 5.94. The maximum absolute atomic E-state index is 12.7. The van der Waals surface area contributed by atoms with Crippen LogP contribution in [0.2, 0.25) is 5.02 Å². The van der Waals surface area contributed by atoms with E-state index in [0.29, 0.717) is 10.8 Å². The lowest BCUT2D eigenvalue weighted by Crippen LogP contribution is -2.61. The molecular weight excluding hydrogens is 310 g/mol. The van der Waals surface area contributed by atoms with Crippen LogP contribution in [0.3, 0.4) is 0 Å². The third kappa shape index (κ3) is 2.96. The van der Waals surface area contributed by atoms with Gasteiger partial charge in [0.25, 0.3) is 5.91 Å². The molecule has 4 aliphatic rings. The Balaban J connectivity index is 1.42. The van der Waals surface area contributed by atoms with Crippen LogP contribution < -0.4 is 10.1 Å². The van der Waals surface area contributed by atoms with Crippen molar-refractivity contribution in [1.29, 1.82) is 0 Å². The van der Waals surface area contributed by atoms with Gasteiger partial charge in [-0.2, -0.15) is 0 Å². The van der Waals surface area contributed by atoms with Gasteiger partial charge in [0.15, 0.2) is 6.10 Å². The highest BCUT2D eigenvalue weighted by Gasteiger charge is 2.51. The summed E-state index contributed by atoms with van der Waals surface area (Å²) in [4.78, 5) is 12.7. The minimum Gasteiger partial charge on any atom is -0.479 e. The van der Waals surface area contributed by atoms with Crippen LogP contribution in [0.5, 0.6) is 5.75 Å². The van der Waals surface area contributed by atoms with Crippen molar-refractivity contribution >= 4 is 17.5 Å². The van der Waals surface area contributed by atoms with Crippen LogP contribution in [0.25, 0.3) is 0 Å². The van der Waals surface area contributed by atoms with E-state index >= 15 is 0 Å². The van der Waals surface area contributed by atoms with Gasteiger partial charge in [-0.3, -0.25) is 4.79 Å². The van der Waals surface area contributed by atoms with Crippen LogP contribution >= 0.6 is 11.6 Å². The Kier molecular flexibility index (Phi) is 3.79. The van der Waals surface area contributed by atoms with E-state index in [0.717, 1.165) is 37.0 Å². The summed E-state index contributed by atoms with van der Waals surface area (Å²) in [7, 11) is 0. The lowest BCUT2D eigenvalue weighted by atomic mass is 9.53. The number of ether oxygens (including phenoxy) is 1. The van der Waals surface area contributed by atoms with Gasteiger partial charge < -0.3 is 10.1 Å². The normalized spacial score (nSPS) is 35.8. The molecule has 4 saturated carbocycles. The maximum Gasteiger partial charge on any atom is 0.261 e. The number of rotatable bonds is 4. The van der Waals surface area contributed by atoms with Gasteiger partial charge in [0.2, 0.25) is 0 Å². The molecule has 0 aliphatic heterocycles. The van der Waals surface area contributed by atoms with E-state index in [4.69, 9.17) is 16.3 Å². The average molecular weight is 334 g/mol. The predicted octanol–water partition coefficient (Wildman–Crippen LogP) is 4.19. The first kappa shape index (κ1) is 15.3. The van der Waals surface area contributed by atoms with Crippen LogP contribution in [0.1, 0.15) is 45.4 Å². The monoisotopic (exact) mass is 333 g/mol. The molecule has 124 valence electrons. The fraction of sp³-hybridized carbons (Fsp3) is 0.632. The smallest absolute Gasteiger partial charge is 0.261 e. The molecule has 0 radical (unpaired) electrons. The highest BCUT2D eigenvalue weighted by molar-refractivity contribution is 6.32. The summed E-state index contributed by atoms with van der Waals surface area (Å²) in [5.41, 5.74) is 0.0317. The summed E-state index contributed by atoms with van der Waals surface area (Å²) in [6.45, 7) is 1.80. The second-order valence-electron chi connectivity index (χ2n) is 7.88. The zero-order chi connectivity index (χ0) is 16.0. The topological polar surface area (TPSA) is 38.3 Å². The van der Waals surface area contributed by atoms with E-state index in [-0.39, 0.29) is 11.4 Å². The Morgan fingerprint density at radius 3 is 2.30 bits per heavy atom. The average Bonchev–Trinajstić information content (AvgIpc) is 2.47. The quantitative estimate of drug-likeness (QED) is 0.897. The van der Waals surface area contributed by atoms with Crippen LogP contribution in [0.15, 0.2) is 24.3 Å². The molecule has 1 atom stereocenters. The number of hydrogen-bond donors (Lipinski definition) is 1. The zero-order valence-corrected chi connectivity index (χ0v) is 14.3. The Morgan fingerprint density at radius 1 is 1.17 bits per heavy atom. The van der Waals surface area contributed by atoms with Crippen LogP contribution in [0, 0.1) is 17.8 Å². The van der Waals surface area contributed by atoms with Crippen molar-refractivity contribution in [3.63, 3.8) is 0 Å². The number of amides is 1. The number of para-hydroxylation sites is 1. The molecule has 4 aliphatic carbocycles. The van der Waals surface area contributed by atoms with E-state index in [1.807, 2.05) is 12.1 Å². The molecule has 0 unspecified atom stereocenters. The van der Waals surface area contributed by atoms with Gasteiger partial charge >= 0.3 is 0 Å². The Bertz CT molecular complexity index is 580. The molecule has 4 heteroatoms. The van der Waals surface area contributed by atoms with Crippen molar-refractivity contribution in [3.8, 4) is 5.75 Å². The van der Waals surface area contributed by atoms with Crippen molar-refractivity contribution in [2.75, 3.05) is 0 Å². The number of hydrogen-bond acceptors (Lipinski definition) is 2. The van der Waals surface area contributed by atoms with E-state index in [2.05, 4.69) is 5.32 Å². The highest BCUT2D eigenvalue weighted by atomic mass is 35.5. The summed E-state index contributed by atoms with van der Waals surface area (Å²) >= 11 is 6.12. The van der Waals surface area contributed by atoms with Crippen LogP contribution in [-0.2, 0) is 4.79 Å². The first-order valence-electron chi connectivity index (χ1n) is 8.76. The summed E-state index contributed by atoms with van der Waals surface area (Å²) in [6.07, 6.45) is 7.07. The van der Waals surface area contributed by atoms with E-state index in [1.54, 1.807) is 19.1 Å². The Labute approximate surface area is 142 Å². The minimum absolute atomic E-state index is 0.00753. The zero-order valence-electron chi connectivity index (χ0n) is 13.6. The van der Waals surface area contributed by atoms with E-state index in [9.17, 15) is 4.79 Å². The van der Waals surface area contributed by atoms with Crippen molar-refractivity contribution in [3.05, 3.63) is 29.3 Å². The lowest BCUT2D eigenvalue weighted by molar-refractivity contribution is -0.133. The fourth-order valence-electron chi connectivity index (χ4n) is 5.41. The van der Waals surface area contributed by atoms with E-state index < -0.39 is 6.10 Å². The first-order valence-corrected chi connectivity index (χ1v) is 9.14. The second-order valence-corrected chi connectivity index (χ2v) is 8.28. The van der Waals surface area contributed by atoms with Gasteiger partial charge in [-0.05, 0) is 75.3 Å². The third-order valence-corrected chi connectivity index (χ3v) is 6.25. The minimum atomic E-state index is -0.525. The Morgan fingerprint density at radius 2 is 1.74 bits per heavy atom. The van der Waals surface area contributed by atoms with Crippen molar-refractivity contribution in [2.45, 2.75) is 57.1 Å². The summed E-state index contributed by atoms with van der Waals surface area (Å²) < 4.78 is 5.78. The summed E-state index contributed by atoms with van der Waals surface area (Å²) in [6, 6.07) is 7.30. The van der Waals surface area contributed by atoms with Crippen LogP contribution in [-0.4, -0.2) is 17.6 Å². The van der Waals surface area contributed by atoms with Crippen molar-refractivity contribution in [1.82, 2.24) is 5.32 Å². The largest absolute Gasteiger partial charge is 0.479 e. The number of carbonyl (C=O) groups is 1. The number of carbonyl (C=O) groups excluding carboxylic acids is 1. The SMILES string of the molecule is C[C@@H](Oc1ccccc1Cl)C(=O)NC12CC3CC(CC(C3)C1)C2. The van der Waals surface area contributed by atoms with Gasteiger partial charge in [-0.1, -0.05) is 23.7 Å². The molecule has 1 aromatic rings. The maximum atomic E-state index is 12.7. The molecular formula is C19H24ClNO2. The standard InChI is InChI=1S/C19H24ClNO2/c1-12(23-17-5-3-2-4-16(17)20)18(22)21-19-9-13-6-14(10-19)8-15(7-13)11-19/h2-5,12-15H,6-11H2,1H3,(H,21,22)/t12-,13?,14?,15?,19?/m1/s1. The molecule has 0 heterocycles. The fourth-order valence-corrected chi connectivity index (χ4v) is 5.59. The molecule has 1 N–H and O–H groups in total. The molecule has 5 rings (SSSR count). The molecule has 0 saturated heterocycles. The molecule has 3 nitrogen and oxygen atoms in total. The lowest BCUT2D eigenvalue weighted by Gasteiger charge is -2.57. The molecule has 4 fully saturated rings. The van der Waals surface area contributed by atoms with Gasteiger partial charge in [0.1, 0.15) is 5.75 Å². The summed E-state index contributed by atoms with van der Waals surface area (Å²) in [5, 5.41) is 3.90. The van der Waals surface area contributed by atoms with Gasteiger partial charge in [0.05, 0.1) is 5.02 Å². The molecule has 0 aromatic heterocycles. The van der Waals surface area contributed by atoms with Gasteiger partial charge in [-0.25, -0.2) is 0 Å². The van der Waals surface area contributed by atoms with Gasteiger partial charge in [0, 0.05) is 5.54 Å². The molecule has 4 bridgehead atoms. The van der Waals surface area contributed by atoms with Gasteiger partial charge in [-0.15, -0.1) is 0 Å². The first-order chi connectivity index (χ1) is 11.0. The molecule has 1 amide bonds. The van der Waals surface area contributed by atoms with E-state index in [1.165, 1.54) is 19.3 Å². The number of nitrogens with one attached hydrogen (secondary N) is 1. The molecule has 1 aromatic carbocycles.